The molecule has 0 saturated carbocycles. The molecule has 0 amide bonds. The lowest BCUT2D eigenvalue weighted by atomic mass is 10.1. The van der Waals surface area contributed by atoms with Crippen molar-refractivity contribution in [3.8, 4) is 22.1 Å². The van der Waals surface area contributed by atoms with E-state index in [1.807, 2.05) is 0 Å². The van der Waals surface area contributed by atoms with Gasteiger partial charge in [-0.25, -0.2) is 0 Å². The predicted molar refractivity (Wildman–Crippen MR) is 100 cm³/mol. The standard InChI is InChI=1S/C19H15F6N3O2S/c1-17(26,9-29)16-28-27-15(31-16)10-6-7-14(12(8-10)19(23,24)25)30-13-5-3-2-4-11(13)18(20,21)22/h2-8,29H,9,26H2,1H3/t17-/m0/s1. The Morgan fingerprint density at radius 3 is 2.16 bits per heavy atom. The second kappa shape index (κ2) is 8.09. The van der Waals surface area contributed by atoms with Gasteiger partial charge in [0.05, 0.1) is 23.3 Å². The van der Waals surface area contributed by atoms with Gasteiger partial charge in [0.15, 0.2) is 0 Å². The summed E-state index contributed by atoms with van der Waals surface area (Å²) in [5.41, 5.74) is 2.16. The fraction of sp³-hybridized carbons (Fsp3) is 0.263. The molecule has 0 bridgehead atoms. The lowest BCUT2D eigenvalue weighted by Crippen LogP contribution is -2.36. The van der Waals surface area contributed by atoms with E-state index in [2.05, 4.69) is 10.2 Å². The number of aromatic nitrogens is 2. The van der Waals surface area contributed by atoms with Crippen LogP contribution in [0.25, 0.3) is 10.6 Å². The van der Waals surface area contributed by atoms with Gasteiger partial charge in [-0.05, 0) is 37.3 Å². The van der Waals surface area contributed by atoms with Crippen molar-refractivity contribution in [1.29, 1.82) is 0 Å². The minimum Gasteiger partial charge on any atom is -0.456 e. The Morgan fingerprint density at radius 2 is 1.55 bits per heavy atom. The third-order valence-electron chi connectivity index (χ3n) is 4.19. The molecule has 0 unspecified atom stereocenters. The van der Waals surface area contributed by atoms with Crippen LogP contribution in [-0.4, -0.2) is 21.9 Å². The predicted octanol–water partition coefficient (Wildman–Crippen LogP) is 5.20. The van der Waals surface area contributed by atoms with Crippen LogP contribution in [0.5, 0.6) is 11.5 Å². The number of nitrogens with two attached hydrogens (primary N) is 1. The number of aliphatic hydroxyl groups excluding tert-OH is 1. The summed E-state index contributed by atoms with van der Waals surface area (Å²) in [5, 5.41) is 17.2. The van der Waals surface area contributed by atoms with Crippen molar-refractivity contribution in [2.75, 3.05) is 6.61 Å². The second-order valence-electron chi connectivity index (χ2n) is 6.79. The smallest absolute Gasteiger partial charge is 0.420 e. The van der Waals surface area contributed by atoms with Crippen LogP contribution in [0, 0.1) is 0 Å². The van der Waals surface area contributed by atoms with E-state index in [0.717, 1.165) is 29.5 Å². The maximum atomic E-state index is 13.6. The topological polar surface area (TPSA) is 81.3 Å². The Kier molecular flexibility index (Phi) is 6.00. The first-order chi connectivity index (χ1) is 14.3. The molecule has 0 aliphatic rings. The van der Waals surface area contributed by atoms with Gasteiger partial charge in [0.2, 0.25) is 0 Å². The maximum absolute atomic E-state index is 13.6. The monoisotopic (exact) mass is 463 g/mol. The molecule has 0 aliphatic heterocycles. The summed E-state index contributed by atoms with van der Waals surface area (Å²) in [6.45, 7) is 1.02. The number of para-hydroxylation sites is 1. The van der Waals surface area contributed by atoms with Crippen LogP contribution in [0.3, 0.4) is 0 Å². The first-order valence-electron chi connectivity index (χ1n) is 8.62. The fourth-order valence-electron chi connectivity index (χ4n) is 2.52. The van der Waals surface area contributed by atoms with E-state index >= 15 is 0 Å². The number of hydrogen-bond donors (Lipinski definition) is 2. The van der Waals surface area contributed by atoms with Crippen molar-refractivity contribution in [2.45, 2.75) is 24.8 Å². The largest absolute Gasteiger partial charge is 0.456 e. The van der Waals surface area contributed by atoms with Crippen LogP contribution in [0.1, 0.15) is 23.1 Å². The molecule has 5 nitrogen and oxygen atoms in total. The van der Waals surface area contributed by atoms with Gasteiger partial charge in [-0.2, -0.15) is 26.3 Å². The Bertz CT molecular complexity index is 1080. The molecule has 31 heavy (non-hydrogen) atoms. The number of alkyl halides is 6. The normalized spacial score (nSPS) is 14.4. The molecule has 3 N–H and O–H groups in total. The zero-order valence-electron chi connectivity index (χ0n) is 15.8. The minimum absolute atomic E-state index is 0.0151. The first kappa shape index (κ1) is 23.0. The lowest BCUT2D eigenvalue weighted by Gasteiger charge is -2.18. The average molecular weight is 463 g/mol. The molecule has 0 spiro atoms. The number of aliphatic hydroxyl groups is 1. The van der Waals surface area contributed by atoms with Crippen molar-refractivity contribution in [2.24, 2.45) is 5.73 Å². The molecule has 0 aliphatic carbocycles. The molecule has 2 aromatic carbocycles. The maximum Gasteiger partial charge on any atom is 0.420 e. The van der Waals surface area contributed by atoms with E-state index in [4.69, 9.17) is 10.5 Å². The summed E-state index contributed by atoms with van der Waals surface area (Å²) in [5.74, 6) is -1.55. The molecule has 3 rings (SSSR count). The summed E-state index contributed by atoms with van der Waals surface area (Å²) in [7, 11) is 0. The summed E-state index contributed by atoms with van der Waals surface area (Å²) < 4.78 is 85.4. The molecular weight excluding hydrogens is 448 g/mol. The van der Waals surface area contributed by atoms with Crippen molar-refractivity contribution in [1.82, 2.24) is 10.2 Å². The van der Waals surface area contributed by atoms with Crippen molar-refractivity contribution in [3.63, 3.8) is 0 Å². The van der Waals surface area contributed by atoms with Crippen LogP contribution < -0.4 is 10.5 Å². The number of ether oxygens (including phenoxy) is 1. The number of rotatable bonds is 5. The molecule has 0 fully saturated rings. The van der Waals surface area contributed by atoms with E-state index in [-0.39, 0.29) is 15.6 Å². The fourth-order valence-corrected chi connectivity index (χ4v) is 3.41. The molecular formula is C19H15F6N3O2S. The van der Waals surface area contributed by atoms with Crippen LogP contribution >= 0.6 is 11.3 Å². The molecule has 12 heteroatoms. The van der Waals surface area contributed by atoms with E-state index < -0.39 is 47.1 Å². The second-order valence-corrected chi connectivity index (χ2v) is 7.77. The SMILES string of the molecule is C[C@](N)(CO)c1nnc(-c2ccc(Oc3ccccc3C(F)(F)F)c(C(F)(F)F)c2)s1. The Balaban J connectivity index is 2.04. The first-order valence-corrected chi connectivity index (χ1v) is 9.44. The van der Waals surface area contributed by atoms with Gasteiger partial charge in [-0.15, -0.1) is 10.2 Å². The number of benzene rings is 2. The number of nitrogens with zero attached hydrogens (tertiary/aromatic N) is 2. The number of halogens is 6. The lowest BCUT2D eigenvalue weighted by molar-refractivity contribution is -0.139. The summed E-state index contributed by atoms with van der Waals surface area (Å²) >= 11 is 0.888. The molecule has 3 aromatic rings. The highest BCUT2D eigenvalue weighted by Crippen LogP contribution is 2.43. The minimum atomic E-state index is -4.92. The van der Waals surface area contributed by atoms with Gasteiger partial charge in [-0.1, -0.05) is 23.5 Å². The molecule has 1 atom stereocenters. The summed E-state index contributed by atoms with van der Waals surface area (Å²) in [6, 6.07) is 6.82. The van der Waals surface area contributed by atoms with Crippen LogP contribution in [-0.2, 0) is 17.9 Å². The Morgan fingerprint density at radius 1 is 0.935 bits per heavy atom. The molecule has 0 saturated heterocycles. The third kappa shape index (κ3) is 4.97. The van der Waals surface area contributed by atoms with Gasteiger partial charge in [-0.3, -0.25) is 0 Å². The van der Waals surface area contributed by atoms with Crippen LogP contribution in [0.15, 0.2) is 42.5 Å². The Labute approximate surface area is 176 Å². The van der Waals surface area contributed by atoms with Crippen molar-refractivity contribution >= 4 is 11.3 Å². The van der Waals surface area contributed by atoms with E-state index in [9.17, 15) is 31.4 Å². The Hall–Kier alpha value is -2.70. The van der Waals surface area contributed by atoms with Gasteiger partial charge < -0.3 is 15.6 Å². The summed E-state index contributed by atoms with van der Waals surface area (Å²) in [6.07, 6.45) is -9.72. The van der Waals surface area contributed by atoms with E-state index in [0.29, 0.717) is 12.1 Å². The van der Waals surface area contributed by atoms with Crippen molar-refractivity contribution in [3.05, 3.63) is 58.6 Å². The quantitative estimate of drug-likeness (QED) is 0.509. The zero-order valence-corrected chi connectivity index (χ0v) is 16.6. The van der Waals surface area contributed by atoms with E-state index in [1.54, 1.807) is 0 Å². The molecule has 166 valence electrons. The number of hydrogen-bond acceptors (Lipinski definition) is 6. The molecule has 1 heterocycles. The molecule has 1 aromatic heterocycles. The van der Waals surface area contributed by atoms with Crippen LogP contribution in [0.4, 0.5) is 26.3 Å². The van der Waals surface area contributed by atoms with Crippen molar-refractivity contribution < 1.29 is 36.2 Å². The van der Waals surface area contributed by atoms with E-state index in [1.165, 1.54) is 19.1 Å². The highest BCUT2D eigenvalue weighted by Gasteiger charge is 2.38. The third-order valence-corrected chi connectivity index (χ3v) is 5.44. The zero-order chi connectivity index (χ0) is 23.0. The molecule has 0 radical (unpaired) electrons. The van der Waals surface area contributed by atoms with Gasteiger partial charge in [0.1, 0.15) is 21.5 Å². The van der Waals surface area contributed by atoms with Gasteiger partial charge >= 0.3 is 12.4 Å². The highest BCUT2D eigenvalue weighted by atomic mass is 32.1. The highest BCUT2D eigenvalue weighted by molar-refractivity contribution is 7.14. The van der Waals surface area contributed by atoms with Crippen LogP contribution in [0.2, 0.25) is 0 Å². The van der Waals surface area contributed by atoms with Gasteiger partial charge in [0.25, 0.3) is 0 Å². The average Bonchev–Trinajstić information content (AvgIpc) is 3.18. The van der Waals surface area contributed by atoms with Gasteiger partial charge in [0, 0.05) is 5.56 Å². The summed E-state index contributed by atoms with van der Waals surface area (Å²) in [4.78, 5) is 0.